The van der Waals surface area contributed by atoms with Gasteiger partial charge in [0.1, 0.15) is 6.29 Å². The highest BCUT2D eigenvalue weighted by molar-refractivity contribution is 6.99. The predicted octanol–water partition coefficient (Wildman–Crippen LogP) is 6.46. The van der Waals surface area contributed by atoms with Crippen molar-refractivity contribution in [3.63, 3.8) is 0 Å². The highest BCUT2D eigenvalue weighted by atomic mass is 28.4. The van der Waals surface area contributed by atoms with Gasteiger partial charge in [0.2, 0.25) is 0 Å². The molecular weight excluding hydrogens is 500 g/mol. The SMILES string of the molecule is CC(C)(C)[Si](O[C@@H](CCOCc1ccccc1)C[C@@H]1CCC[C@H](CC=O)O1)(c1ccccc1)c1ccccc1. The zero-order chi connectivity index (χ0) is 27.6. The van der Waals surface area contributed by atoms with Gasteiger partial charge in [-0.05, 0) is 53.1 Å². The average Bonchev–Trinajstić information content (AvgIpc) is 2.95. The Hall–Kier alpha value is -2.57. The average molecular weight is 545 g/mol. The number of carbonyl (C=O) groups is 1. The molecule has 1 heterocycles. The molecule has 3 aromatic rings. The van der Waals surface area contributed by atoms with Crippen LogP contribution in [0.1, 0.15) is 64.9 Å². The van der Waals surface area contributed by atoms with Gasteiger partial charge in [-0.3, -0.25) is 0 Å². The number of hydrogen-bond donors (Lipinski definition) is 0. The molecule has 0 N–H and O–H groups in total. The zero-order valence-electron chi connectivity index (χ0n) is 23.8. The first kappa shape index (κ1) is 29.4. The van der Waals surface area contributed by atoms with Crippen molar-refractivity contribution in [1.29, 1.82) is 0 Å². The highest BCUT2D eigenvalue weighted by Crippen LogP contribution is 2.39. The number of aldehydes is 1. The fourth-order valence-corrected chi connectivity index (χ4v) is 10.6. The van der Waals surface area contributed by atoms with Crippen molar-refractivity contribution >= 4 is 25.0 Å². The molecule has 0 amide bonds. The van der Waals surface area contributed by atoms with Crippen molar-refractivity contribution < 1.29 is 18.7 Å². The van der Waals surface area contributed by atoms with Crippen molar-refractivity contribution in [2.24, 2.45) is 0 Å². The summed E-state index contributed by atoms with van der Waals surface area (Å²) in [6.45, 7) is 8.16. The Morgan fingerprint density at radius 2 is 1.44 bits per heavy atom. The smallest absolute Gasteiger partial charge is 0.261 e. The van der Waals surface area contributed by atoms with Crippen LogP contribution in [0.15, 0.2) is 91.0 Å². The number of benzene rings is 3. The molecule has 3 atom stereocenters. The summed E-state index contributed by atoms with van der Waals surface area (Å²) in [7, 11) is -2.72. The fourth-order valence-electron chi connectivity index (χ4n) is 5.87. The molecule has 5 heteroatoms. The molecule has 0 unspecified atom stereocenters. The second-order valence-electron chi connectivity index (χ2n) is 11.7. The molecule has 1 aliphatic heterocycles. The second kappa shape index (κ2) is 14.2. The van der Waals surface area contributed by atoms with Gasteiger partial charge >= 0.3 is 0 Å². The van der Waals surface area contributed by atoms with Crippen molar-refractivity contribution in [2.45, 2.75) is 89.3 Å². The lowest BCUT2D eigenvalue weighted by atomic mass is 9.98. The third-order valence-electron chi connectivity index (χ3n) is 7.78. The lowest BCUT2D eigenvalue weighted by molar-refractivity contribution is -0.115. The summed E-state index contributed by atoms with van der Waals surface area (Å²) in [4.78, 5) is 11.2. The van der Waals surface area contributed by atoms with Crippen molar-refractivity contribution in [1.82, 2.24) is 0 Å². The Morgan fingerprint density at radius 1 is 0.872 bits per heavy atom. The maximum Gasteiger partial charge on any atom is 0.261 e. The van der Waals surface area contributed by atoms with Gasteiger partial charge in [0.05, 0.1) is 24.9 Å². The lowest BCUT2D eigenvalue weighted by Crippen LogP contribution is -2.68. The highest BCUT2D eigenvalue weighted by Gasteiger charge is 2.51. The molecule has 0 aliphatic carbocycles. The number of ether oxygens (including phenoxy) is 2. The summed E-state index contributed by atoms with van der Waals surface area (Å²) >= 11 is 0. The molecule has 208 valence electrons. The summed E-state index contributed by atoms with van der Waals surface area (Å²) in [6, 6.07) is 31.9. The molecule has 0 aromatic heterocycles. The molecule has 0 spiro atoms. The minimum atomic E-state index is -2.72. The van der Waals surface area contributed by atoms with Crippen LogP contribution in [0.25, 0.3) is 0 Å². The third kappa shape index (κ3) is 7.76. The van der Waals surface area contributed by atoms with Gasteiger partial charge in [-0.1, -0.05) is 112 Å². The van der Waals surface area contributed by atoms with Crippen LogP contribution < -0.4 is 10.4 Å². The van der Waals surface area contributed by atoms with E-state index in [9.17, 15) is 4.79 Å². The van der Waals surface area contributed by atoms with Gasteiger partial charge in [0.15, 0.2) is 0 Å². The van der Waals surface area contributed by atoms with Crippen LogP contribution in [0.4, 0.5) is 0 Å². The van der Waals surface area contributed by atoms with Gasteiger partial charge in [0, 0.05) is 13.0 Å². The largest absolute Gasteiger partial charge is 0.404 e. The van der Waals surface area contributed by atoms with E-state index in [1.165, 1.54) is 15.9 Å². The summed E-state index contributed by atoms with van der Waals surface area (Å²) < 4.78 is 20.1. The Bertz CT molecular complexity index is 1070. The maximum absolute atomic E-state index is 11.2. The number of rotatable bonds is 13. The van der Waals surface area contributed by atoms with Crippen molar-refractivity contribution in [3.8, 4) is 0 Å². The van der Waals surface area contributed by atoms with E-state index in [2.05, 4.69) is 93.6 Å². The van der Waals surface area contributed by atoms with Crippen molar-refractivity contribution in [2.75, 3.05) is 6.61 Å². The van der Waals surface area contributed by atoms with Crippen LogP contribution in [0.2, 0.25) is 5.04 Å². The first-order valence-corrected chi connectivity index (χ1v) is 16.3. The van der Waals surface area contributed by atoms with E-state index in [0.29, 0.717) is 19.6 Å². The summed E-state index contributed by atoms with van der Waals surface area (Å²) in [6.07, 6.45) is 6.15. The van der Waals surface area contributed by atoms with Crippen LogP contribution in [0.5, 0.6) is 0 Å². The minimum absolute atomic E-state index is 0.0177. The van der Waals surface area contributed by atoms with Crippen LogP contribution in [-0.2, 0) is 25.3 Å². The lowest BCUT2D eigenvalue weighted by Gasteiger charge is -2.46. The molecule has 4 rings (SSSR count). The third-order valence-corrected chi connectivity index (χ3v) is 12.9. The molecular formula is C34H44O4Si. The molecule has 1 aliphatic rings. The summed E-state index contributed by atoms with van der Waals surface area (Å²) in [5.74, 6) is 0. The van der Waals surface area contributed by atoms with E-state index in [4.69, 9.17) is 13.9 Å². The van der Waals surface area contributed by atoms with Crippen LogP contribution >= 0.6 is 0 Å². The minimum Gasteiger partial charge on any atom is -0.404 e. The number of carbonyl (C=O) groups excluding carboxylic acids is 1. The van der Waals surface area contributed by atoms with Crippen molar-refractivity contribution in [3.05, 3.63) is 96.6 Å². The molecule has 0 bridgehead atoms. The maximum atomic E-state index is 11.2. The van der Waals surface area contributed by atoms with E-state index in [0.717, 1.165) is 38.4 Å². The summed E-state index contributed by atoms with van der Waals surface area (Å²) in [5, 5.41) is 2.45. The van der Waals surface area contributed by atoms with Gasteiger partial charge in [-0.15, -0.1) is 0 Å². The second-order valence-corrected chi connectivity index (χ2v) is 15.9. The Morgan fingerprint density at radius 3 is 2.00 bits per heavy atom. The van der Waals surface area contributed by atoms with E-state index in [1.54, 1.807) is 0 Å². The van der Waals surface area contributed by atoms with Gasteiger partial charge in [-0.25, -0.2) is 0 Å². The van der Waals surface area contributed by atoms with E-state index >= 15 is 0 Å². The topological polar surface area (TPSA) is 44.8 Å². The Labute approximate surface area is 235 Å². The molecule has 0 radical (unpaired) electrons. The molecule has 39 heavy (non-hydrogen) atoms. The van der Waals surface area contributed by atoms with E-state index in [-0.39, 0.29) is 23.4 Å². The van der Waals surface area contributed by atoms with Gasteiger partial charge in [-0.2, -0.15) is 0 Å². The molecule has 4 nitrogen and oxygen atoms in total. The normalized spacial score (nSPS) is 18.9. The molecule has 1 saturated heterocycles. The van der Waals surface area contributed by atoms with Gasteiger partial charge in [0.25, 0.3) is 8.32 Å². The van der Waals surface area contributed by atoms with Gasteiger partial charge < -0.3 is 18.7 Å². The van der Waals surface area contributed by atoms with Crippen LogP contribution in [0, 0.1) is 0 Å². The first-order chi connectivity index (χ1) is 18.9. The Balaban J connectivity index is 1.62. The molecule has 3 aromatic carbocycles. The van der Waals surface area contributed by atoms with E-state index in [1.807, 2.05) is 18.2 Å². The predicted molar refractivity (Wildman–Crippen MR) is 161 cm³/mol. The molecule has 0 saturated carbocycles. The summed E-state index contributed by atoms with van der Waals surface area (Å²) in [5.41, 5.74) is 1.18. The first-order valence-electron chi connectivity index (χ1n) is 14.4. The van der Waals surface area contributed by atoms with Crippen LogP contribution in [0.3, 0.4) is 0 Å². The quantitative estimate of drug-likeness (QED) is 0.141. The fraction of sp³-hybridized carbons (Fsp3) is 0.441. The van der Waals surface area contributed by atoms with Crippen LogP contribution in [-0.4, -0.2) is 39.5 Å². The zero-order valence-corrected chi connectivity index (χ0v) is 24.8. The number of hydrogen-bond acceptors (Lipinski definition) is 4. The van der Waals surface area contributed by atoms with E-state index < -0.39 is 8.32 Å². The Kier molecular flexibility index (Phi) is 10.7. The monoisotopic (exact) mass is 544 g/mol. The standard InChI is InChI=1S/C34H44O4Si/c1-34(2,3)39(32-18-9-5-10-19-32,33-20-11-6-12-21-33)38-31(23-25-36-27-28-14-7-4-8-15-28)26-30-17-13-16-29(37-30)22-24-35/h4-12,14-15,18-21,24,29-31H,13,16-17,22-23,25-27H2,1-3H3/t29-,30+,31+/m1/s1. The molecule has 1 fully saturated rings.